The van der Waals surface area contributed by atoms with Gasteiger partial charge in [-0.15, -0.1) is 0 Å². The molecule has 0 bridgehead atoms. The average Bonchev–Trinajstić information content (AvgIpc) is 2.47. The van der Waals surface area contributed by atoms with Crippen molar-refractivity contribution >= 4 is 5.91 Å². The maximum atomic E-state index is 11.8. The van der Waals surface area contributed by atoms with E-state index in [0.717, 1.165) is 32.5 Å². The largest absolute Gasteiger partial charge is 0.355 e. The Balaban J connectivity index is 1.73. The van der Waals surface area contributed by atoms with E-state index < -0.39 is 0 Å². The standard InChI is InChI=1S/C17H26N2O/c1-14(2)12-18-17(20)13-19-10-8-16(9-11-19)15-6-4-3-5-7-15/h3-7,14,16H,8-13H2,1-2H3,(H,18,20). The summed E-state index contributed by atoms with van der Waals surface area (Å²) in [5.74, 6) is 1.34. The number of likely N-dealkylation sites (tertiary alicyclic amines) is 1. The summed E-state index contributed by atoms with van der Waals surface area (Å²) in [6.45, 7) is 7.61. The van der Waals surface area contributed by atoms with Crippen molar-refractivity contribution in [3.8, 4) is 0 Å². The minimum Gasteiger partial charge on any atom is -0.355 e. The van der Waals surface area contributed by atoms with Crippen LogP contribution in [0.15, 0.2) is 30.3 Å². The molecule has 0 spiro atoms. The Kier molecular flexibility index (Phi) is 5.60. The number of hydrogen-bond acceptors (Lipinski definition) is 2. The fourth-order valence-electron chi connectivity index (χ4n) is 2.73. The molecule has 20 heavy (non-hydrogen) atoms. The predicted octanol–water partition coefficient (Wildman–Crippen LogP) is 2.64. The first-order valence-corrected chi connectivity index (χ1v) is 7.69. The van der Waals surface area contributed by atoms with Crippen LogP contribution in [0.2, 0.25) is 0 Å². The molecule has 1 fully saturated rings. The minimum absolute atomic E-state index is 0.164. The van der Waals surface area contributed by atoms with Crippen molar-refractivity contribution in [3.63, 3.8) is 0 Å². The van der Waals surface area contributed by atoms with Crippen LogP contribution < -0.4 is 5.32 Å². The molecule has 0 atom stereocenters. The maximum absolute atomic E-state index is 11.8. The lowest BCUT2D eigenvalue weighted by molar-refractivity contribution is -0.122. The molecule has 3 heteroatoms. The zero-order valence-corrected chi connectivity index (χ0v) is 12.6. The van der Waals surface area contributed by atoms with Gasteiger partial charge >= 0.3 is 0 Å². The zero-order valence-electron chi connectivity index (χ0n) is 12.6. The predicted molar refractivity (Wildman–Crippen MR) is 82.7 cm³/mol. The molecular weight excluding hydrogens is 248 g/mol. The SMILES string of the molecule is CC(C)CNC(=O)CN1CCC(c2ccccc2)CC1. The van der Waals surface area contributed by atoms with Gasteiger partial charge in [0.2, 0.25) is 5.91 Å². The fourth-order valence-corrected chi connectivity index (χ4v) is 2.73. The summed E-state index contributed by atoms with van der Waals surface area (Å²) < 4.78 is 0. The van der Waals surface area contributed by atoms with Crippen LogP contribution in [-0.2, 0) is 4.79 Å². The van der Waals surface area contributed by atoms with Gasteiger partial charge in [-0.25, -0.2) is 0 Å². The summed E-state index contributed by atoms with van der Waals surface area (Å²) in [5.41, 5.74) is 1.44. The maximum Gasteiger partial charge on any atom is 0.234 e. The monoisotopic (exact) mass is 274 g/mol. The van der Waals surface area contributed by atoms with Crippen LogP contribution in [0.5, 0.6) is 0 Å². The Labute approximate surface area is 122 Å². The Morgan fingerprint density at radius 3 is 2.50 bits per heavy atom. The fraction of sp³-hybridized carbons (Fsp3) is 0.588. The molecule has 1 N–H and O–H groups in total. The molecule has 1 amide bonds. The molecule has 1 aliphatic rings. The van der Waals surface area contributed by atoms with Gasteiger partial charge in [0.25, 0.3) is 0 Å². The highest BCUT2D eigenvalue weighted by molar-refractivity contribution is 5.78. The van der Waals surface area contributed by atoms with E-state index in [1.165, 1.54) is 5.56 Å². The molecule has 1 aromatic rings. The van der Waals surface area contributed by atoms with Gasteiger partial charge in [-0.2, -0.15) is 0 Å². The van der Waals surface area contributed by atoms with E-state index in [2.05, 4.69) is 54.4 Å². The van der Waals surface area contributed by atoms with E-state index in [4.69, 9.17) is 0 Å². The van der Waals surface area contributed by atoms with E-state index in [1.807, 2.05) is 0 Å². The summed E-state index contributed by atoms with van der Waals surface area (Å²) in [6, 6.07) is 10.7. The van der Waals surface area contributed by atoms with Crippen molar-refractivity contribution in [1.82, 2.24) is 10.2 Å². The van der Waals surface area contributed by atoms with E-state index >= 15 is 0 Å². The molecule has 0 aliphatic carbocycles. The normalized spacial score (nSPS) is 17.4. The Hall–Kier alpha value is -1.35. The van der Waals surface area contributed by atoms with Gasteiger partial charge in [-0.05, 0) is 43.3 Å². The number of rotatable bonds is 5. The lowest BCUT2D eigenvalue weighted by atomic mass is 9.89. The van der Waals surface area contributed by atoms with Crippen LogP contribution in [0.4, 0.5) is 0 Å². The van der Waals surface area contributed by atoms with Crippen molar-refractivity contribution in [3.05, 3.63) is 35.9 Å². The lowest BCUT2D eigenvalue weighted by Gasteiger charge is -2.31. The van der Waals surface area contributed by atoms with Crippen LogP contribution in [-0.4, -0.2) is 37.0 Å². The first-order valence-electron chi connectivity index (χ1n) is 7.69. The van der Waals surface area contributed by atoms with E-state index in [1.54, 1.807) is 0 Å². The Morgan fingerprint density at radius 1 is 1.25 bits per heavy atom. The third kappa shape index (κ3) is 4.64. The van der Waals surface area contributed by atoms with Crippen LogP contribution in [0.1, 0.15) is 38.2 Å². The van der Waals surface area contributed by atoms with E-state index in [9.17, 15) is 4.79 Å². The zero-order chi connectivity index (χ0) is 14.4. The second-order valence-corrected chi connectivity index (χ2v) is 6.16. The summed E-state index contributed by atoms with van der Waals surface area (Å²) in [4.78, 5) is 14.1. The first-order chi connectivity index (χ1) is 9.65. The highest BCUT2D eigenvalue weighted by atomic mass is 16.2. The van der Waals surface area contributed by atoms with Crippen molar-refractivity contribution in [2.75, 3.05) is 26.2 Å². The summed E-state index contributed by atoms with van der Waals surface area (Å²) in [7, 11) is 0. The van der Waals surface area contributed by atoms with Gasteiger partial charge in [0.05, 0.1) is 6.54 Å². The van der Waals surface area contributed by atoms with Crippen LogP contribution in [0.25, 0.3) is 0 Å². The average molecular weight is 274 g/mol. The summed E-state index contributed by atoms with van der Waals surface area (Å²) in [6.07, 6.45) is 2.31. The number of piperidine rings is 1. The van der Waals surface area contributed by atoms with Crippen LogP contribution in [0, 0.1) is 5.92 Å². The third-order valence-corrected chi connectivity index (χ3v) is 3.93. The summed E-state index contributed by atoms with van der Waals surface area (Å²) >= 11 is 0. The Morgan fingerprint density at radius 2 is 1.90 bits per heavy atom. The first kappa shape index (κ1) is 15.0. The Bertz CT molecular complexity index is 408. The number of nitrogens with zero attached hydrogens (tertiary/aromatic N) is 1. The number of benzene rings is 1. The second-order valence-electron chi connectivity index (χ2n) is 6.16. The molecule has 3 nitrogen and oxygen atoms in total. The third-order valence-electron chi connectivity index (χ3n) is 3.93. The smallest absolute Gasteiger partial charge is 0.234 e. The topological polar surface area (TPSA) is 32.3 Å². The molecule has 1 aliphatic heterocycles. The number of nitrogens with one attached hydrogen (secondary N) is 1. The summed E-state index contributed by atoms with van der Waals surface area (Å²) in [5, 5.41) is 2.99. The second kappa shape index (κ2) is 7.44. The van der Waals surface area contributed by atoms with Gasteiger partial charge in [0, 0.05) is 6.54 Å². The molecule has 0 saturated carbocycles. The number of amides is 1. The minimum atomic E-state index is 0.164. The molecule has 110 valence electrons. The quantitative estimate of drug-likeness (QED) is 0.895. The molecule has 0 unspecified atom stereocenters. The number of carbonyl (C=O) groups is 1. The molecule has 0 aromatic heterocycles. The molecular formula is C17H26N2O. The van der Waals surface area contributed by atoms with Gasteiger partial charge in [-0.1, -0.05) is 44.2 Å². The number of carbonyl (C=O) groups excluding carboxylic acids is 1. The van der Waals surface area contributed by atoms with E-state index in [-0.39, 0.29) is 5.91 Å². The molecule has 2 rings (SSSR count). The van der Waals surface area contributed by atoms with Gasteiger partial charge in [0.15, 0.2) is 0 Å². The van der Waals surface area contributed by atoms with Crippen molar-refractivity contribution in [1.29, 1.82) is 0 Å². The lowest BCUT2D eigenvalue weighted by Crippen LogP contribution is -2.42. The van der Waals surface area contributed by atoms with E-state index in [0.29, 0.717) is 18.4 Å². The van der Waals surface area contributed by atoms with Crippen LogP contribution in [0.3, 0.4) is 0 Å². The van der Waals surface area contributed by atoms with Gasteiger partial charge < -0.3 is 5.32 Å². The van der Waals surface area contributed by atoms with Gasteiger partial charge in [0.1, 0.15) is 0 Å². The number of hydrogen-bond donors (Lipinski definition) is 1. The molecule has 1 heterocycles. The highest BCUT2D eigenvalue weighted by Gasteiger charge is 2.21. The van der Waals surface area contributed by atoms with Crippen molar-refractivity contribution in [2.45, 2.75) is 32.6 Å². The van der Waals surface area contributed by atoms with Crippen molar-refractivity contribution in [2.24, 2.45) is 5.92 Å². The van der Waals surface area contributed by atoms with Crippen LogP contribution >= 0.6 is 0 Å². The van der Waals surface area contributed by atoms with Gasteiger partial charge in [-0.3, -0.25) is 9.69 Å². The molecule has 1 saturated heterocycles. The molecule has 0 radical (unpaired) electrons. The highest BCUT2D eigenvalue weighted by Crippen LogP contribution is 2.27. The molecule has 1 aromatic carbocycles. The van der Waals surface area contributed by atoms with Crippen molar-refractivity contribution < 1.29 is 4.79 Å².